The molecule has 1 saturated carbocycles. The standard InChI is InChI=1S/C28H38N2O3/c1-6-25(28(32)29-24-12-7-8-13-24)30(17-23-11-9-10-19(2)15-23)27(31)18-33-26-16-20(3)14-21(4)22(26)5/h9-11,14-16,24-25H,6-8,12-13,17-18H2,1-5H3,(H,29,32)/t25-/m0/s1. The highest BCUT2D eigenvalue weighted by atomic mass is 16.5. The molecule has 1 fully saturated rings. The first-order valence-electron chi connectivity index (χ1n) is 12.1. The lowest BCUT2D eigenvalue weighted by molar-refractivity contribution is -0.143. The molecule has 3 rings (SSSR count). The van der Waals surface area contributed by atoms with E-state index >= 15 is 0 Å². The number of aryl methyl sites for hydroxylation is 3. The summed E-state index contributed by atoms with van der Waals surface area (Å²) in [6.07, 6.45) is 4.89. The van der Waals surface area contributed by atoms with E-state index in [-0.39, 0.29) is 24.5 Å². The fraction of sp³-hybridized carbons (Fsp3) is 0.500. The number of amides is 2. The van der Waals surface area contributed by atoms with E-state index in [4.69, 9.17) is 4.74 Å². The SMILES string of the molecule is CC[C@@H](C(=O)NC1CCCC1)N(Cc1cccc(C)c1)C(=O)COc1cc(C)cc(C)c1C. The number of nitrogens with one attached hydrogen (secondary N) is 1. The topological polar surface area (TPSA) is 58.6 Å². The van der Waals surface area contributed by atoms with Crippen LogP contribution in [-0.2, 0) is 16.1 Å². The second-order valence-electron chi connectivity index (χ2n) is 9.42. The molecule has 5 heteroatoms. The molecule has 1 aliphatic carbocycles. The Balaban J connectivity index is 1.80. The first-order chi connectivity index (χ1) is 15.8. The second kappa shape index (κ2) is 11.4. The Kier molecular flexibility index (Phi) is 8.54. The van der Waals surface area contributed by atoms with Crippen molar-refractivity contribution in [2.75, 3.05) is 6.61 Å². The van der Waals surface area contributed by atoms with Crippen molar-refractivity contribution in [2.24, 2.45) is 0 Å². The van der Waals surface area contributed by atoms with Crippen molar-refractivity contribution in [2.45, 2.75) is 85.4 Å². The summed E-state index contributed by atoms with van der Waals surface area (Å²) in [5.74, 6) is 0.483. The third kappa shape index (κ3) is 6.59. The highest BCUT2D eigenvalue weighted by Crippen LogP contribution is 2.24. The lowest BCUT2D eigenvalue weighted by Crippen LogP contribution is -2.52. The molecule has 5 nitrogen and oxygen atoms in total. The summed E-state index contributed by atoms with van der Waals surface area (Å²) in [6, 6.07) is 11.9. The first-order valence-corrected chi connectivity index (χ1v) is 12.1. The minimum atomic E-state index is -0.525. The third-order valence-corrected chi connectivity index (χ3v) is 6.64. The summed E-state index contributed by atoms with van der Waals surface area (Å²) in [4.78, 5) is 28.3. The number of hydrogen-bond acceptors (Lipinski definition) is 3. The van der Waals surface area contributed by atoms with Crippen LogP contribution in [0.1, 0.15) is 66.8 Å². The van der Waals surface area contributed by atoms with E-state index in [2.05, 4.69) is 17.4 Å². The molecule has 0 spiro atoms. The quantitative estimate of drug-likeness (QED) is 0.574. The summed E-state index contributed by atoms with van der Waals surface area (Å²) in [5.41, 5.74) is 5.41. The molecular formula is C28H38N2O3. The molecule has 2 amide bonds. The number of carbonyl (C=O) groups is 2. The summed E-state index contributed by atoms with van der Waals surface area (Å²) in [5, 5.41) is 3.19. The van der Waals surface area contributed by atoms with Gasteiger partial charge in [0.2, 0.25) is 5.91 Å². The Morgan fingerprint density at radius 3 is 2.45 bits per heavy atom. The lowest BCUT2D eigenvalue weighted by atomic mass is 10.1. The van der Waals surface area contributed by atoms with Gasteiger partial charge in [0.25, 0.3) is 5.91 Å². The van der Waals surface area contributed by atoms with Gasteiger partial charge >= 0.3 is 0 Å². The highest BCUT2D eigenvalue weighted by Gasteiger charge is 2.31. The number of nitrogens with zero attached hydrogens (tertiary/aromatic N) is 1. The van der Waals surface area contributed by atoms with Crippen LogP contribution in [0.25, 0.3) is 0 Å². The van der Waals surface area contributed by atoms with Gasteiger partial charge in [0, 0.05) is 12.6 Å². The number of carbonyl (C=O) groups excluding carboxylic acids is 2. The Labute approximate surface area is 198 Å². The number of benzene rings is 2. The predicted octanol–water partition coefficient (Wildman–Crippen LogP) is 5.17. The van der Waals surface area contributed by atoms with E-state index in [1.54, 1.807) is 4.90 Å². The summed E-state index contributed by atoms with van der Waals surface area (Å²) >= 11 is 0. The van der Waals surface area contributed by atoms with Crippen LogP contribution in [0.15, 0.2) is 36.4 Å². The largest absolute Gasteiger partial charge is 0.483 e. The van der Waals surface area contributed by atoms with Gasteiger partial charge in [-0.25, -0.2) is 0 Å². The van der Waals surface area contributed by atoms with Crippen LogP contribution in [0, 0.1) is 27.7 Å². The molecule has 178 valence electrons. The van der Waals surface area contributed by atoms with Crippen LogP contribution in [-0.4, -0.2) is 35.4 Å². The molecular weight excluding hydrogens is 412 g/mol. The smallest absolute Gasteiger partial charge is 0.261 e. The van der Waals surface area contributed by atoms with Crippen molar-refractivity contribution < 1.29 is 14.3 Å². The molecule has 0 unspecified atom stereocenters. The molecule has 0 bridgehead atoms. The maximum atomic E-state index is 13.4. The van der Waals surface area contributed by atoms with Crippen LogP contribution in [0.4, 0.5) is 0 Å². The molecule has 33 heavy (non-hydrogen) atoms. The van der Waals surface area contributed by atoms with Gasteiger partial charge in [0.05, 0.1) is 0 Å². The van der Waals surface area contributed by atoms with Crippen molar-refractivity contribution in [3.05, 3.63) is 64.2 Å². The van der Waals surface area contributed by atoms with Crippen LogP contribution >= 0.6 is 0 Å². The van der Waals surface area contributed by atoms with Gasteiger partial charge in [-0.2, -0.15) is 0 Å². The predicted molar refractivity (Wildman–Crippen MR) is 132 cm³/mol. The van der Waals surface area contributed by atoms with E-state index in [9.17, 15) is 9.59 Å². The second-order valence-corrected chi connectivity index (χ2v) is 9.42. The average molecular weight is 451 g/mol. The molecule has 2 aromatic carbocycles. The average Bonchev–Trinajstić information content (AvgIpc) is 3.28. The first kappa shape index (κ1) is 24.8. The summed E-state index contributed by atoms with van der Waals surface area (Å²) in [6.45, 7) is 10.3. The molecule has 1 N–H and O–H groups in total. The molecule has 1 atom stereocenters. The molecule has 0 saturated heterocycles. The van der Waals surface area contributed by atoms with E-state index in [1.165, 1.54) is 0 Å². The maximum Gasteiger partial charge on any atom is 0.261 e. The van der Waals surface area contributed by atoms with E-state index in [1.807, 2.05) is 58.9 Å². The van der Waals surface area contributed by atoms with Gasteiger partial charge in [-0.05, 0) is 75.3 Å². The third-order valence-electron chi connectivity index (χ3n) is 6.64. The number of hydrogen-bond donors (Lipinski definition) is 1. The highest BCUT2D eigenvalue weighted by molar-refractivity contribution is 5.88. The monoisotopic (exact) mass is 450 g/mol. The van der Waals surface area contributed by atoms with E-state index in [0.717, 1.165) is 59.3 Å². The van der Waals surface area contributed by atoms with Crippen molar-refractivity contribution in [3.63, 3.8) is 0 Å². The zero-order valence-electron chi connectivity index (χ0n) is 20.7. The molecule has 0 aliphatic heterocycles. The Morgan fingerprint density at radius 2 is 1.79 bits per heavy atom. The van der Waals surface area contributed by atoms with Gasteiger partial charge in [-0.1, -0.05) is 55.7 Å². The van der Waals surface area contributed by atoms with Crippen LogP contribution in [0.2, 0.25) is 0 Å². The Bertz CT molecular complexity index is 979. The summed E-state index contributed by atoms with van der Waals surface area (Å²) < 4.78 is 5.99. The minimum Gasteiger partial charge on any atom is -0.483 e. The lowest BCUT2D eigenvalue weighted by Gasteiger charge is -2.31. The van der Waals surface area contributed by atoms with Gasteiger partial charge < -0.3 is 15.0 Å². The van der Waals surface area contributed by atoms with Crippen molar-refractivity contribution in [1.29, 1.82) is 0 Å². The fourth-order valence-corrected chi connectivity index (χ4v) is 4.67. The van der Waals surface area contributed by atoms with E-state index < -0.39 is 6.04 Å². The Morgan fingerprint density at radius 1 is 1.06 bits per heavy atom. The normalized spacial score (nSPS) is 14.7. The Hall–Kier alpha value is -2.82. The van der Waals surface area contributed by atoms with Gasteiger partial charge in [0.1, 0.15) is 11.8 Å². The van der Waals surface area contributed by atoms with Crippen LogP contribution in [0.5, 0.6) is 5.75 Å². The molecule has 0 radical (unpaired) electrons. The zero-order valence-corrected chi connectivity index (χ0v) is 20.7. The zero-order chi connectivity index (χ0) is 24.0. The maximum absolute atomic E-state index is 13.4. The number of rotatable bonds is 9. The van der Waals surface area contributed by atoms with Crippen molar-refractivity contribution in [3.8, 4) is 5.75 Å². The van der Waals surface area contributed by atoms with E-state index in [0.29, 0.717) is 13.0 Å². The minimum absolute atomic E-state index is 0.0621. The van der Waals surface area contributed by atoms with Crippen molar-refractivity contribution >= 4 is 11.8 Å². The van der Waals surface area contributed by atoms with Crippen molar-refractivity contribution in [1.82, 2.24) is 10.2 Å². The van der Waals surface area contributed by atoms with Crippen LogP contribution < -0.4 is 10.1 Å². The van der Waals surface area contributed by atoms with Gasteiger partial charge in [-0.15, -0.1) is 0 Å². The molecule has 0 heterocycles. The van der Waals surface area contributed by atoms with Crippen LogP contribution in [0.3, 0.4) is 0 Å². The molecule has 0 aromatic heterocycles. The summed E-state index contributed by atoms with van der Waals surface area (Å²) in [7, 11) is 0. The molecule has 2 aromatic rings. The molecule has 1 aliphatic rings. The fourth-order valence-electron chi connectivity index (χ4n) is 4.67. The number of ether oxygens (including phenoxy) is 1. The van der Waals surface area contributed by atoms with Gasteiger partial charge in [-0.3, -0.25) is 9.59 Å². The van der Waals surface area contributed by atoms with Gasteiger partial charge in [0.15, 0.2) is 6.61 Å².